The predicted molar refractivity (Wildman–Crippen MR) is 65.2 cm³/mol. The van der Waals surface area contributed by atoms with Crippen LogP contribution in [0, 0.1) is 11.8 Å². The molecule has 1 N–H and O–H groups in total. The van der Waals surface area contributed by atoms with Crippen molar-refractivity contribution in [2.24, 2.45) is 11.8 Å². The third kappa shape index (κ3) is 2.40. The molecule has 0 aromatic carbocycles. The van der Waals surface area contributed by atoms with Crippen molar-refractivity contribution in [3.8, 4) is 0 Å². The number of carbonyl (C=O) groups excluding carboxylic acids is 1. The van der Waals surface area contributed by atoms with Crippen LogP contribution in [0.15, 0.2) is 0 Å². The molecule has 2 saturated heterocycles. The van der Waals surface area contributed by atoms with Crippen molar-refractivity contribution in [3.63, 3.8) is 0 Å². The Morgan fingerprint density at radius 2 is 2.12 bits per heavy atom. The third-order valence-electron chi connectivity index (χ3n) is 4.00. The Morgan fingerprint density at radius 1 is 1.31 bits per heavy atom. The van der Waals surface area contributed by atoms with Gasteiger partial charge >= 0.3 is 0 Å². The monoisotopic (exact) mass is 224 g/mol. The van der Waals surface area contributed by atoms with Crippen molar-refractivity contribution in [3.05, 3.63) is 0 Å². The number of piperidine rings is 1. The van der Waals surface area contributed by atoms with E-state index in [4.69, 9.17) is 0 Å². The van der Waals surface area contributed by atoms with Gasteiger partial charge in [0.1, 0.15) is 0 Å². The molecule has 92 valence electrons. The Kier molecular flexibility index (Phi) is 3.85. The van der Waals surface area contributed by atoms with E-state index in [-0.39, 0.29) is 5.92 Å². The number of carbonyl (C=O) groups is 1. The van der Waals surface area contributed by atoms with Gasteiger partial charge in [-0.1, -0.05) is 13.8 Å². The Balaban J connectivity index is 1.97. The molecule has 16 heavy (non-hydrogen) atoms. The number of likely N-dealkylation sites (tertiary alicyclic amines) is 1. The molecular weight excluding hydrogens is 200 g/mol. The summed E-state index contributed by atoms with van der Waals surface area (Å²) in [4.78, 5) is 14.6. The van der Waals surface area contributed by atoms with E-state index in [0.717, 1.165) is 32.5 Å². The average molecular weight is 224 g/mol. The highest BCUT2D eigenvalue weighted by Crippen LogP contribution is 2.26. The van der Waals surface area contributed by atoms with Gasteiger partial charge in [-0.2, -0.15) is 0 Å². The molecule has 2 rings (SSSR count). The van der Waals surface area contributed by atoms with Crippen molar-refractivity contribution in [2.45, 2.75) is 45.6 Å². The van der Waals surface area contributed by atoms with Crippen molar-refractivity contribution in [1.29, 1.82) is 0 Å². The number of nitrogens with one attached hydrogen (secondary N) is 1. The molecule has 1 unspecified atom stereocenters. The van der Waals surface area contributed by atoms with Crippen LogP contribution in [0.2, 0.25) is 0 Å². The van der Waals surface area contributed by atoms with E-state index >= 15 is 0 Å². The highest BCUT2D eigenvalue weighted by atomic mass is 16.2. The first kappa shape index (κ1) is 11.9. The molecule has 0 aliphatic carbocycles. The van der Waals surface area contributed by atoms with Gasteiger partial charge in [-0.3, -0.25) is 4.79 Å². The zero-order valence-electron chi connectivity index (χ0n) is 10.5. The molecule has 2 atom stereocenters. The topological polar surface area (TPSA) is 32.3 Å². The molecule has 2 fully saturated rings. The maximum absolute atomic E-state index is 12.4. The molecule has 3 nitrogen and oxygen atoms in total. The molecule has 0 saturated carbocycles. The Morgan fingerprint density at radius 3 is 2.75 bits per heavy atom. The third-order valence-corrected chi connectivity index (χ3v) is 4.00. The molecular formula is C13H24N2O. The number of rotatable bonds is 2. The minimum Gasteiger partial charge on any atom is -0.339 e. The van der Waals surface area contributed by atoms with Crippen molar-refractivity contribution >= 4 is 5.91 Å². The van der Waals surface area contributed by atoms with Crippen LogP contribution in [-0.4, -0.2) is 36.5 Å². The van der Waals surface area contributed by atoms with Crippen LogP contribution in [0.1, 0.15) is 39.5 Å². The molecule has 2 aliphatic rings. The predicted octanol–water partition coefficient (Wildman–Crippen LogP) is 1.63. The van der Waals surface area contributed by atoms with Crippen molar-refractivity contribution < 1.29 is 4.79 Å². The minimum atomic E-state index is 0.244. The van der Waals surface area contributed by atoms with Crippen LogP contribution in [0.4, 0.5) is 0 Å². The van der Waals surface area contributed by atoms with E-state index in [0.29, 0.717) is 17.9 Å². The van der Waals surface area contributed by atoms with Gasteiger partial charge < -0.3 is 10.2 Å². The number of amides is 1. The maximum Gasteiger partial charge on any atom is 0.227 e. The summed E-state index contributed by atoms with van der Waals surface area (Å²) >= 11 is 0. The summed E-state index contributed by atoms with van der Waals surface area (Å²) < 4.78 is 0. The van der Waals surface area contributed by atoms with E-state index < -0.39 is 0 Å². The van der Waals surface area contributed by atoms with Crippen LogP contribution in [0.25, 0.3) is 0 Å². The smallest absolute Gasteiger partial charge is 0.227 e. The lowest BCUT2D eigenvalue weighted by Crippen LogP contribution is -2.46. The second-order valence-electron chi connectivity index (χ2n) is 5.53. The van der Waals surface area contributed by atoms with Gasteiger partial charge in [0.15, 0.2) is 0 Å². The number of hydrogen-bond donors (Lipinski definition) is 1. The highest BCUT2D eigenvalue weighted by molar-refractivity contribution is 5.79. The zero-order valence-corrected chi connectivity index (χ0v) is 10.5. The number of nitrogens with zero attached hydrogens (tertiary/aromatic N) is 1. The number of hydrogen-bond acceptors (Lipinski definition) is 2. The van der Waals surface area contributed by atoms with Crippen LogP contribution in [0.5, 0.6) is 0 Å². The fraction of sp³-hybridized carbons (Fsp3) is 0.923. The molecule has 0 radical (unpaired) electrons. The molecule has 1 amide bonds. The van der Waals surface area contributed by atoms with E-state index in [2.05, 4.69) is 24.1 Å². The quantitative estimate of drug-likeness (QED) is 0.773. The second-order valence-corrected chi connectivity index (χ2v) is 5.53. The van der Waals surface area contributed by atoms with Crippen molar-refractivity contribution in [1.82, 2.24) is 10.2 Å². The van der Waals surface area contributed by atoms with Gasteiger partial charge in [-0.25, -0.2) is 0 Å². The summed E-state index contributed by atoms with van der Waals surface area (Å²) in [5.41, 5.74) is 0. The first-order chi connectivity index (χ1) is 7.70. The second kappa shape index (κ2) is 5.17. The van der Waals surface area contributed by atoms with Gasteiger partial charge in [0.25, 0.3) is 0 Å². The lowest BCUT2D eigenvalue weighted by molar-refractivity contribution is -0.137. The normalized spacial score (nSPS) is 31.1. The first-order valence-electron chi connectivity index (χ1n) is 6.71. The van der Waals surface area contributed by atoms with Gasteiger partial charge in [0.05, 0.1) is 5.92 Å². The summed E-state index contributed by atoms with van der Waals surface area (Å²) in [6, 6.07) is 0.495. The van der Waals surface area contributed by atoms with Crippen LogP contribution in [0.3, 0.4) is 0 Å². The molecule has 3 heteroatoms. The SMILES string of the molecule is CC(C)C1CCCN1C(=O)[C@H]1CCCNC1. The van der Waals surface area contributed by atoms with Crippen LogP contribution >= 0.6 is 0 Å². The minimum absolute atomic E-state index is 0.244. The summed E-state index contributed by atoms with van der Waals surface area (Å²) in [6.45, 7) is 7.42. The van der Waals surface area contributed by atoms with E-state index in [1.165, 1.54) is 12.8 Å². The first-order valence-corrected chi connectivity index (χ1v) is 6.71. The fourth-order valence-corrected chi connectivity index (χ4v) is 3.06. The molecule has 0 spiro atoms. The Bertz CT molecular complexity index is 246. The van der Waals surface area contributed by atoms with Gasteiger partial charge in [-0.15, -0.1) is 0 Å². The van der Waals surface area contributed by atoms with E-state index in [1.807, 2.05) is 0 Å². The van der Waals surface area contributed by atoms with Crippen molar-refractivity contribution in [2.75, 3.05) is 19.6 Å². The van der Waals surface area contributed by atoms with Gasteiger partial charge in [0, 0.05) is 19.1 Å². The molecule has 0 aromatic heterocycles. The standard InChI is InChI=1S/C13H24N2O/c1-10(2)12-6-4-8-15(12)13(16)11-5-3-7-14-9-11/h10-12,14H,3-9H2,1-2H3/t11-,12?/m0/s1. The fourth-order valence-electron chi connectivity index (χ4n) is 3.06. The summed E-state index contributed by atoms with van der Waals surface area (Å²) in [5, 5.41) is 3.34. The Labute approximate surface area is 98.6 Å². The molecule has 2 heterocycles. The van der Waals surface area contributed by atoms with E-state index in [9.17, 15) is 4.79 Å². The maximum atomic E-state index is 12.4. The summed E-state index contributed by atoms with van der Waals surface area (Å²) in [7, 11) is 0. The van der Waals surface area contributed by atoms with Gasteiger partial charge in [0.2, 0.25) is 5.91 Å². The van der Waals surface area contributed by atoms with Crippen LogP contribution < -0.4 is 5.32 Å². The molecule has 2 aliphatic heterocycles. The lowest BCUT2D eigenvalue weighted by Gasteiger charge is -2.32. The summed E-state index contributed by atoms with van der Waals surface area (Å²) in [5.74, 6) is 1.25. The zero-order chi connectivity index (χ0) is 11.5. The highest BCUT2D eigenvalue weighted by Gasteiger charge is 2.34. The average Bonchev–Trinajstić information content (AvgIpc) is 2.78. The van der Waals surface area contributed by atoms with Crippen LogP contribution in [-0.2, 0) is 4.79 Å². The molecule has 0 aromatic rings. The Hall–Kier alpha value is -0.570. The largest absolute Gasteiger partial charge is 0.339 e. The summed E-state index contributed by atoms with van der Waals surface area (Å²) in [6.07, 6.45) is 4.61. The molecule has 0 bridgehead atoms. The van der Waals surface area contributed by atoms with E-state index in [1.54, 1.807) is 0 Å². The van der Waals surface area contributed by atoms with Gasteiger partial charge in [-0.05, 0) is 38.1 Å². The lowest BCUT2D eigenvalue weighted by atomic mass is 9.96.